The van der Waals surface area contributed by atoms with Crippen LogP contribution in [0.25, 0.3) is 10.8 Å². The molecule has 0 N–H and O–H groups in total. The van der Waals surface area contributed by atoms with Gasteiger partial charge < -0.3 is 9.47 Å². The monoisotopic (exact) mass is 272 g/mol. The highest BCUT2D eigenvalue weighted by molar-refractivity contribution is 6.11. The number of fused-ring (bicyclic) bond motifs is 1. The summed E-state index contributed by atoms with van der Waals surface area (Å²) >= 11 is 0. The van der Waals surface area contributed by atoms with Crippen molar-refractivity contribution in [3.8, 4) is 0 Å². The van der Waals surface area contributed by atoms with Crippen molar-refractivity contribution in [2.45, 2.75) is 13.8 Å². The molecule has 0 aromatic heterocycles. The van der Waals surface area contributed by atoms with Crippen molar-refractivity contribution in [2.24, 2.45) is 0 Å². The highest BCUT2D eigenvalue weighted by Gasteiger charge is 2.16. The second kappa shape index (κ2) is 6.19. The van der Waals surface area contributed by atoms with Gasteiger partial charge in [-0.3, -0.25) is 0 Å². The summed E-state index contributed by atoms with van der Waals surface area (Å²) in [4.78, 5) is 23.9. The molecule has 104 valence electrons. The number of carbonyl (C=O) groups is 2. The van der Waals surface area contributed by atoms with Gasteiger partial charge in [0.05, 0.1) is 24.3 Å². The number of rotatable bonds is 4. The molecule has 0 saturated heterocycles. The zero-order chi connectivity index (χ0) is 14.5. The second-order valence-electron chi connectivity index (χ2n) is 4.15. The number of ether oxygens (including phenoxy) is 2. The summed E-state index contributed by atoms with van der Waals surface area (Å²) in [5.74, 6) is -0.779. The molecule has 0 aliphatic carbocycles. The first kappa shape index (κ1) is 14.1. The lowest BCUT2D eigenvalue weighted by molar-refractivity contribution is 0.0515. The molecular formula is C16H16O4. The van der Waals surface area contributed by atoms with E-state index in [0.29, 0.717) is 35.1 Å². The third-order valence-corrected chi connectivity index (χ3v) is 2.91. The maximum atomic E-state index is 11.9. The van der Waals surface area contributed by atoms with E-state index in [0.717, 1.165) is 0 Å². The van der Waals surface area contributed by atoms with Crippen molar-refractivity contribution < 1.29 is 19.1 Å². The van der Waals surface area contributed by atoms with Gasteiger partial charge in [0.15, 0.2) is 0 Å². The van der Waals surface area contributed by atoms with Crippen molar-refractivity contribution in [1.29, 1.82) is 0 Å². The highest BCUT2D eigenvalue weighted by atomic mass is 16.5. The lowest BCUT2D eigenvalue weighted by atomic mass is 9.99. The smallest absolute Gasteiger partial charge is 0.338 e. The van der Waals surface area contributed by atoms with E-state index in [1.54, 1.807) is 38.1 Å². The van der Waals surface area contributed by atoms with Gasteiger partial charge in [-0.1, -0.05) is 24.3 Å². The highest BCUT2D eigenvalue weighted by Crippen LogP contribution is 2.24. The SMILES string of the molecule is CCOC(=O)c1ccc(C(=O)OCC)c2ccccc12. The van der Waals surface area contributed by atoms with E-state index in [9.17, 15) is 9.59 Å². The first-order chi connectivity index (χ1) is 9.69. The topological polar surface area (TPSA) is 52.6 Å². The van der Waals surface area contributed by atoms with Crippen molar-refractivity contribution in [1.82, 2.24) is 0 Å². The maximum Gasteiger partial charge on any atom is 0.338 e. The number of hydrogen-bond acceptors (Lipinski definition) is 4. The fourth-order valence-corrected chi connectivity index (χ4v) is 2.07. The van der Waals surface area contributed by atoms with Gasteiger partial charge in [-0.15, -0.1) is 0 Å². The molecule has 2 aromatic carbocycles. The third-order valence-electron chi connectivity index (χ3n) is 2.91. The molecule has 0 aliphatic rings. The minimum atomic E-state index is -0.390. The Hall–Kier alpha value is -2.36. The van der Waals surface area contributed by atoms with Crippen LogP contribution in [0.2, 0.25) is 0 Å². The van der Waals surface area contributed by atoms with Gasteiger partial charge in [0.2, 0.25) is 0 Å². The van der Waals surface area contributed by atoms with E-state index in [-0.39, 0.29) is 11.9 Å². The van der Waals surface area contributed by atoms with E-state index in [1.807, 2.05) is 12.1 Å². The maximum absolute atomic E-state index is 11.9. The van der Waals surface area contributed by atoms with Crippen LogP contribution in [0.3, 0.4) is 0 Å². The zero-order valence-electron chi connectivity index (χ0n) is 11.5. The van der Waals surface area contributed by atoms with Gasteiger partial charge >= 0.3 is 11.9 Å². The van der Waals surface area contributed by atoms with E-state index >= 15 is 0 Å². The Bertz CT molecular complexity index is 589. The van der Waals surface area contributed by atoms with Crippen LogP contribution in [0.5, 0.6) is 0 Å². The molecule has 0 heterocycles. The van der Waals surface area contributed by atoms with E-state index in [2.05, 4.69) is 0 Å². The quantitative estimate of drug-likeness (QED) is 0.802. The van der Waals surface area contributed by atoms with Crippen molar-refractivity contribution in [3.63, 3.8) is 0 Å². The number of benzene rings is 2. The Morgan fingerprint density at radius 3 is 1.55 bits per heavy atom. The van der Waals surface area contributed by atoms with Crippen LogP contribution in [0, 0.1) is 0 Å². The van der Waals surface area contributed by atoms with E-state index < -0.39 is 0 Å². The second-order valence-corrected chi connectivity index (χ2v) is 4.15. The van der Waals surface area contributed by atoms with Gasteiger partial charge in [0, 0.05) is 0 Å². The summed E-state index contributed by atoms with van der Waals surface area (Å²) < 4.78 is 10.1. The van der Waals surface area contributed by atoms with Crippen molar-refractivity contribution >= 4 is 22.7 Å². The van der Waals surface area contributed by atoms with E-state index in [4.69, 9.17) is 9.47 Å². The predicted molar refractivity (Wildman–Crippen MR) is 75.9 cm³/mol. The molecule has 4 heteroatoms. The lowest BCUT2D eigenvalue weighted by Crippen LogP contribution is -2.09. The summed E-state index contributed by atoms with van der Waals surface area (Å²) in [5, 5.41) is 1.38. The predicted octanol–water partition coefficient (Wildman–Crippen LogP) is 3.19. The number of hydrogen-bond donors (Lipinski definition) is 0. The molecule has 2 rings (SSSR count). The van der Waals surface area contributed by atoms with Gasteiger partial charge in [0.25, 0.3) is 0 Å². The summed E-state index contributed by atoms with van der Waals surface area (Å²) in [6, 6.07) is 10.4. The molecule has 0 radical (unpaired) electrons. The van der Waals surface area contributed by atoms with Gasteiger partial charge in [-0.2, -0.15) is 0 Å². The molecule has 0 unspecified atom stereocenters. The first-order valence-electron chi connectivity index (χ1n) is 6.55. The summed E-state index contributed by atoms with van der Waals surface area (Å²) in [5.41, 5.74) is 0.908. The van der Waals surface area contributed by atoms with Crippen LogP contribution in [0.1, 0.15) is 34.6 Å². The van der Waals surface area contributed by atoms with Crippen LogP contribution < -0.4 is 0 Å². The fourth-order valence-electron chi connectivity index (χ4n) is 2.07. The molecule has 0 atom stereocenters. The van der Waals surface area contributed by atoms with E-state index in [1.165, 1.54) is 0 Å². The standard InChI is InChI=1S/C16H16O4/c1-3-19-15(17)13-9-10-14(16(18)20-4-2)12-8-6-5-7-11(12)13/h5-10H,3-4H2,1-2H3. The number of esters is 2. The fraction of sp³-hybridized carbons (Fsp3) is 0.250. The van der Waals surface area contributed by atoms with Crippen LogP contribution in [0.15, 0.2) is 36.4 Å². The van der Waals surface area contributed by atoms with Crippen LogP contribution in [-0.2, 0) is 9.47 Å². The first-order valence-corrected chi connectivity index (χ1v) is 6.55. The molecule has 20 heavy (non-hydrogen) atoms. The minimum Gasteiger partial charge on any atom is -0.462 e. The average molecular weight is 272 g/mol. The Kier molecular flexibility index (Phi) is 4.35. The Balaban J connectivity index is 2.58. The molecule has 0 bridgehead atoms. The summed E-state index contributed by atoms with van der Waals surface area (Å²) in [7, 11) is 0. The Morgan fingerprint density at radius 2 is 1.20 bits per heavy atom. The molecular weight excluding hydrogens is 256 g/mol. The van der Waals surface area contributed by atoms with Crippen LogP contribution >= 0.6 is 0 Å². The molecule has 0 amide bonds. The van der Waals surface area contributed by atoms with Crippen molar-refractivity contribution in [3.05, 3.63) is 47.5 Å². The van der Waals surface area contributed by atoms with Crippen LogP contribution in [0.4, 0.5) is 0 Å². The summed E-state index contributed by atoms with van der Waals surface area (Å²) in [6.07, 6.45) is 0. The number of carbonyl (C=O) groups excluding carboxylic acids is 2. The normalized spacial score (nSPS) is 10.3. The minimum absolute atomic E-state index is 0.312. The largest absolute Gasteiger partial charge is 0.462 e. The molecule has 0 saturated carbocycles. The Morgan fingerprint density at radius 1 is 0.800 bits per heavy atom. The molecule has 4 nitrogen and oxygen atoms in total. The molecule has 0 aliphatic heterocycles. The lowest BCUT2D eigenvalue weighted by Gasteiger charge is -2.10. The van der Waals surface area contributed by atoms with Crippen LogP contribution in [-0.4, -0.2) is 25.2 Å². The van der Waals surface area contributed by atoms with Gasteiger partial charge in [-0.05, 0) is 36.8 Å². The molecule has 0 fully saturated rings. The summed E-state index contributed by atoms with van der Waals surface area (Å²) in [6.45, 7) is 4.14. The zero-order valence-corrected chi connectivity index (χ0v) is 11.5. The average Bonchev–Trinajstić information content (AvgIpc) is 2.46. The molecule has 2 aromatic rings. The van der Waals surface area contributed by atoms with Gasteiger partial charge in [0.1, 0.15) is 0 Å². The Labute approximate surface area is 117 Å². The van der Waals surface area contributed by atoms with Gasteiger partial charge in [-0.25, -0.2) is 9.59 Å². The molecule has 0 spiro atoms. The van der Waals surface area contributed by atoms with Crippen molar-refractivity contribution in [2.75, 3.05) is 13.2 Å². The third kappa shape index (κ3) is 2.64.